The molecule has 0 spiro atoms. The van der Waals surface area contributed by atoms with E-state index in [-0.39, 0.29) is 28.6 Å². The fraction of sp³-hybridized carbons (Fsp3) is 0.0400. The summed E-state index contributed by atoms with van der Waals surface area (Å²) in [5, 5.41) is 21.8. The summed E-state index contributed by atoms with van der Waals surface area (Å²) >= 11 is 4.19. The number of rotatable bonds is 4. The van der Waals surface area contributed by atoms with E-state index in [4.69, 9.17) is 5.73 Å². The zero-order valence-corrected chi connectivity index (χ0v) is 20.0. The van der Waals surface area contributed by atoms with Crippen LogP contribution >= 0.6 is 34.9 Å². The summed E-state index contributed by atoms with van der Waals surface area (Å²) in [5.74, 6) is -0.0501. The highest BCUT2D eigenvalue weighted by Gasteiger charge is 2.29. The fourth-order valence-corrected chi connectivity index (χ4v) is 6.42. The van der Waals surface area contributed by atoms with Crippen LogP contribution in [0.5, 0.6) is 0 Å². The SMILES string of the molecule is N#Cc1c(N)nc(SCC(=O)N2c3ccccc3Sc3ccccc32)c(C#N)c1-c1cccs1. The van der Waals surface area contributed by atoms with Crippen LogP contribution in [0.25, 0.3) is 10.4 Å². The molecule has 0 aliphatic carbocycles. The monoisotopic (exact) mass is 497 g/mol. The van der Waals surface area contributed by atoms with Crippen LogP contribution in [0.15, 0.2) is 80.9 Å². The van der Waals surface area contributed by atoms with Crippen molar-refractivity contribution in [2.75, 3.05) is 16.4 Å². The number of hydrogen-bond acceptors (Lipinski definition) is 8. The van der Waals surface area contributed by atoms with Gasteiger partial charge in [0.2, 0.25) is 5.91 Å². The number of amides is 1. The number of nitrogens with zero attached hydrogens (tertiary/aromatic N) is 4. The third-order valence-electron chi connectivity index (χ3n) is 5.20. The predicted molar refractivity (Wildman–Crippen MR) is 136 cm³/mol. The zero-order valence-electron chi connectivity index (χ0n) is 17.6. The molecule has 1 amide bonds. The Morgan fingerprint density at radius 1 is 0.971 bits per heavy atom. The molecular formula is C25H15N5OS3. The Morgan fingerprint density at radius 2 is 1.62 bits per heavy atom. The fourth-order valence-electron chi connectivity index (χ4n) is 3.74. The molecule has 9 heteroatoms. The van der Waals surface area contributed by atoms with Crippen molar-refractivity contribution in [3.05, 3.63) is 77.2 Å². The maximum atomic E-state index is 13.5. The molecule has 0 atom stereocenters. The van der Waals surface area contributed by atoms with E-state index in [1.807, 2.05) is 66.0 Å². The number of hydrogen-bond donors (Lipinski definition) is 1. The highest BCUT2D eigenvalue weighted by Crippen LogP contribution is 2.48. The molecule has 34 heavy (non-hydrogen) atoms. The van der Waals surface area contributed by atoms with Crippen LogP contribution < -0.4 is 10.6 Å². The van der Waals surface area contributed by atoms with Crippen molar-refractivity contribution < 1.29 is 4.79 Å². The van der Waals surface area contributed by atoms with Crippen molar-refractivity contribution in [3.8, 4) is 22.6 Å². The van der Waals surface area contributed by atoms with E-state index >= 15 is 0 Å². The van der Waals surface area contributed by atoms with Crippen LogP contribution in [0, 0.1) is 22.7 Å². The molecule has 0 bridgehead atoms. The first-order valence-electron chi connectivity index (χ1n) is 10.1. The van der Waals surface area contributed by atoms with Crippen molar-refractivity contribution in [2.45, 2.75) is 14.8 Å². The first-order valence-corrected chi connectivity index (χ1v) is 12.8. The number of benzene rings is 2. The van der Waals surface area contributed by atoms with Gasteiger partial charge in [0.1, 0.15) is 28.5 Å². The van der Waals surface area contributed by atoms with Crippen LogP contribution in [0.4, 0.5) is 17.2 Å². The van der Waals surface area contributed by atoms with Gasteiger partial charge in [0, 0.05) is 20.2 Å². The second-order valence-electron chi connectivity index (χ2n) is 7.18. The first kappa shape index (κ1) is 22.1. The van der Waals surface area contributed by atoms with Crippen LogP contribution in [0.2, 0.25) is 0 Å². The summed E-state index contributed by atoms with van der Waals surface area (Å²) in [6.45, 7) is 0. The molecule has 0 saturated carbocycles. The molecule has 6 nitrogen and oxygen atoms in total. The lowest BCUT2D eigenvalue weighted by Gasteiger charge is -2.31. The Bertz CT molecular complexity index is 1460. The molecule has 0 fully saturated rings. The largest absolute Gasteiger partial charge is 0.383 e. The number of nitrogens with two attached hydrogens (primary N) is 1. The number of pyridine rings is 1. The van der Waals surface area contributed by atoms with Gasteiger partial charge in [0.05, 0.1) is 22.7 Å². The van der Waals surface area contributed by atoms with Gasteiger partial charge in [-0.2, -0.15) is 10.5 Å². The summed E-state index contributed by atoms with van der Waals surface area (Å²) in [7, 11) is 0. The summed E-state index contributed by atoms with van der Waals surface area (Å²) in [6, 6.07) is 23.5. The molecule has 2 aromatic carbocycles. The van der Waals surface area contributed by atoms with Gasteiger partial charge in [0.25, 0.3) is 0 Å². The lowest BCUT2D eigenvalue weighted by atomic mass is 10.0. The number of anilines is 3. The van der Waals surface area contributed by atoms with E-state index < -0.39 is 0 Å². The number of thioether (sulfide) groups is 1. The van der Waals surface area contributed by atoms with Crippen molar-refractivity contribution in [1.82, 2.24) is 4.98 Å². The molecule has 5 rings (SSSR count). The van der Waals surface area contributed by atoms with E-state index in [1.165, 1.54) is 11.3 Å². The number of carbonyl (C=O) groups is 1. The van der Waals surface area contributed by atoms with Crippen molar-refractivity contribution in [1.29, 1.82) is 10.5 Å². The van der Waals surface area contributed by atoms with E-state index in [0.717, 1.165) is 37.8 Å². The Hall–Kier alpha value is -3.76. The molecule has 2 aromatic heterocycles. The Morgan fingerprint density at radius 3 is 2.21 bits per heavy atom. The average Bonchev–Trinajstić information content (AvgIpc) is 3.40. The maximum absolute atomic E-state index is 13.5. The molecule has 1 aliphatic heterocycles. The standard InChI is InChI=1S/C25H15N5OS3/c26-12-15-23(21-10-5-11-32-21)16(13-27)25(29-24(15)28)33-14-22(31)30-17-6-1-3-8-19(17)34-20-9-4-2-7-18(20)30/h1-11H,14H2,(H2,28,29). The van der Waals surface area contributed by atoms with E-state index in [1.54, 1.807) is 16.7 Å². The Kier molecular flexibility index (Phi) is 5.99. The van der Waals surface area contributed by atoms with Crippen molar-refractivity contribution in [3.63, 3.8) is 0 Å². The van der Waals surface area contributed by atoms with E-state index in [9.17, 15) is 15.3 Å². The van der Waals surface area contributed by atoms with Crippen LogP contribution in [0.3, 0.4) is 0 Å². The smallest absolute Gasteiger partial charge is 0.242 e. The van der Waals surface area contributed by atoms with Gasteiger partial charge in [-0.1, -0.05) is 53.9 Å². The predicted octanol–water partition coefficient (Wildman–Crippen LogP) is 6.06. The second-order valence-corrected chi connectivity index (χ2v) is 10.2. The number of para-hydroxylation sites is 2. The number of nitriles is 2. The molecule has 0 radical (unpaired) electrons. The summed E-state index contributed by atoms with van der Waals surface area (Å²) in [4.78, 5) is 22.3. The van der Waals surface area contributed by atoms with Gasteiger partial charge in [-0.15, -0.1) is 11.3 Å². The minimum absolute atomic E-state index is 0.0459. The van der Waals surface area contributed by atoms with Gasteiger partial charge >= 0.3 is 0 Å². The number of nitrogen functional groups attached to an aromatic ring is 1. The number of carbonyl (C=O) groups excluding carboxylic acids is 1. The van der Waals surface area contributed by atoms with Gasteiger partial charge < -0.3 is 5.73 Å². The van der Waals surface area contributed by atoms with E-state index in [2.05, 4.69) is 17.1 Å². The third-order valence-corrected chi connectivity index (χ3v) is 8.17. The molecule has 0 unspecified atom stereocenters. The summed E-state index contributed by atoms with van der Waals surface area (Å²) in [5.41, 5.74) is 8.62. The van der Waals surface area contributed by atoms with Crippen molar-refractivity contribution >= 4 is 58.0 Å². The quantitative estimate of drug-likeness (QED) is 0.342. The van der Waals surface area contributed by atoms with Crippen LogP contribution in [-0.4, -0.2) is 16.6 Å². The molecule has 2 N–H and O–H groups in total. The first-order chi connectivity index (χ1) is 16.6. The lowest BCUT2D eigenvalue weighted by Crippen LogP contribution is -2.30. The highest BCUT2D eigenvalue weighted by molar-refractivity contribution is 8.00. The molecule has 1 aliphatic rings. The Labute approximate surface area is 208 Å². The normalized spacial score (nSPS) is 11.8. The second kappa shape index (κ2) is 9.24. The van der Waals surface area contributed by atoms with Gasteiger partial charge in [-0.3, -0.25) is 9.69 Å². The van der Waals surface area contributed by atoms with Crippen molar-refractivity contribution in [2.24, 2.45) is 0 Å². The molecule has 3 heterocycles. The summed E-state index contributed by atoms with van der Waals surface area (Å²) in [6.07, 6.45) is 0. The maximum Gasteiger partial charge on any atom is 0.242 e. The van der Waals surface area contributed by atoms with Gasteiger partial charge in [-0.25, -0.2) is 4.98 Å². The average molecular weight is 498 g/mol. The minimum atomic E-state index is -0.142. The minimum Gasteiger partial charge on any atom is -0.383 e. The number of fused-ring (bicyclic) bond motifs is 2. The lowest BCUT2D eigenvalue weighted by molar-refractivity contribution is -0.115. The molecule has 0 saturated heterocycles. The molecule has 4 aromatic rings. The number of aromatic nitrogens is 1. The highest BCUT2D eigenvalue weighted by atomic mass is 32.2. The van der Waals surface area contributed by atoms with E-state index in [0.29, 0.717) is 10.6 Å². The zero-order chi connectivity index (χ0) is 23.7. The van der Waals surface area contributed by atoms with Crippen LogP contribution in [-0.2, 0) is 4.79 Å². The number of thiophene rings is 1. The third kappa shape index (κ3) is 3.80. The topological polar surface area (TPSA) is 107 Å². The molecular weight excluding hydrogens is 483 g/mol. The van der Waals surface area contributed by atoms with Crippen LogP contribution in [0.1, 0.15) is 11.1 Å². The van der Waals surface area contributed by atoms with Gasteiger partial charge in [-0.05, 0) is 35.7 Å². The Balaban J connectivity index is 1.51. The summed E-state index contributed by atoms with van der Waals surface area (Å²) < 4.78 is 0. The van der Waals surface area contributed by atoms with Gasteiger partial charge in [0.15, 0.2) is 0 Å². The molecule has 164 valence electrons.